The zero-order valence-corrected chi connectivity index (χ0v) is 17.1. The highest BCUT2D eigenvalue weighted by Gasteiger charge is 2.20. The van der Waals surface area contributed by atoms with Gasteiger partial charge in [-0.3, -0.25) is 14.9 Å². The highest BCUT2D eigenvalue weighted by Crippen LogP contribution is 2.31. The van der Waals surface area contributed by atoms with Crippen molar-refractivity contribution in [1.82, 2.24) is 15.3 Å². The number of nitro benzene ring substituents is 1. The van der Waals surface area contributed by atoms with Crippen LogP contribution in [0.25, 0.3) is 11.3 Å². The van der Waals surface area contributed by atoms with Crippen LogP contribution < -0.4 is 10.6 Å². The molecule has 3 heterocycles. The zero-order valence-electron chi connectivity index (χ0n) is 17.1. The number of aromatic hydroxyl groups is 1. The SMILES string of the molecule is O=C1NCCCCOCc2cc(ccc2O)Nc2nccc(n2)-c2ccc1cc2[N+](=O)[O-]. The van der Waals surface area contributed by atoms with Crippen LogP contribution in [-0.2, 0) is 11.3 Å². The summed E-state index contributed by atoms with van der Waals surface area (Å²) in [5.41, 5.74) is 1.82. The Labute approximate surface area is 183 Å². The lowest BCUT2D eigenvalue weighted by Gasteiger charge is -2.10. The van der Waals surface area contributed by atoms with Gasteiger partial charge in [0.2, 0.25) is 5.95 Å². The molecule has 164 valence electrons. The van der Waals surface area contributed by atoms with Crippen molar-refractivity contribution in [2.24, 2.45) is 0 Å². The smallest absolute Gasteiger partial charge is 0.279 e. The highest BCUT2D eigenvalue weighted by molar-refractivity contribution is 5.96. The van der Waals surface area contributed by atoms with Crippen molar-refractivity contribution in [2.75, 3.05) is 18.5 Å². The lowest BCUT2D eigenvalue weighted by molar-refractivity contribution is -0.384. The molecule has 0 fully saturated rings. The fourth-order valence-electron chi connectivity index (χ4n) is 3.33. The molecule has 2 aromatic carbocycles. The van der Waals surface area contributed by atoms with E-state index in [1.807, 2.05) is 0 Å². The van der Waals surface area contributed by atoms with Crippen molar-refractivity contribution in [3.05, 3.63) is 69.9 Å². The summed E-state index contributed by atoms with van der Waals surface area (Å²) >= 11 is 0. The van der Waals surface area contributed by atoms with Crippen LogP contribution in [0.2, 0.25) is 0 Å². The van der Waals surface area contributed by atoms with Gasteiger partial charge in [-0.2, -0.15) is 0 Å². The van der Waals surface area contributed by atoms with Gasteiger partial charge in [0.25, 0.3) is 11.6 Å². The fraction of sp³-hybridized carbons (Fsp3) is 0.227. The van der Waals surface area contributed by atoms with E-state index in [9.17, 15) is 20.0 Å². The molecule has 0 radical (unpaired) electrons. The number of aromatic nitrogens is 2. The van der Waals surface area contributed by atoms with Crippen molar-refractivity contribution in [3.63, 3.8) is 0 Å². The number of phenols is 1. The molecule has 0 atom stereocenters. The number of carbonyl (C=O) groups excluding carboxylic acids is 1. The predicted molar refractivity (Wildman–Crippen MR) is 117 cm³/mol. The third kappa shape index (κ3) is 4.81. The minimum Gasteiger partial charge on any atom is -0.508 e. The number of nitrogens with zero attached hydrogens (tertiary/aromatic N) is 3. The first-order valence-corrected chi connectivity index (χ1v) is 10.1. The third-order valence-electron chi connectivity index (χ3n) is 4.98. The van der Waals surface area contributed by atoms with Crippen molar-refractivity contribution in [2.45, 2.75) is 19.4 Å². The Bertz CT molecular complexity index is 1170. The Morgan fingerprint density at radius 1 is 1.12 bits per heavy atom. The van der Waals surface area contributed by atoms with Crippen LogP contribution in [0.3, 0.4) is 0 Å². The van der Waals surface area contributed by atoms with Crippen LogP contribution >= 0.6 is 0 Å². The number of nitrogens with one attached hydrogen (secondary N) is 2. The maximum Gasteiger partial charge on any atom is 0.279 e. The molecular weight excluding hydrogens is 414 g/mol. The minimum absolute atomic E-state index is 0.110. The van der Waals surface area contributed by atoms with Crippen molar-refractivity contribution < 1.29 is 19.6 Å². The molecule has 2 aliphatic heterocycles. The van der Waals surface area contributed by atoms with E-state index < -0.39 is 4.92 Å². The quantitative estimate of drug-likeness (QED) is 0.300. The standard InChI is InChI=1S/C22H21N5O5/c28-20-6-4-16-11-15(20)13-32-10-2-1-8-23-21(29)14-3-5-17(19(12-14)27(30)31)18-7-9-24-22(25-16)26-18/h3-7,9,11-12,28H,1-2,8,10,13H2,(H,23,29)(H,24,25,26). The molecule has 3 aromatic rings. The maximum atomic E-state index is 12.4. The number of benzene rings is 2. The molecule has 0 saturated heterocycles. The number of anilines is 2. The van der Waals surface area contributed by atoms with E-state index in [0.29, 0.717) is 42.9 Å². The fourth-order valence-corrected chi connectivity index (χ4v) is 3.33. The Morgan fingerprint density at radius 3 is 2.84 bits per heavy atom. The van der Waals surface area contributed by atoms with Gasteiger partial charge in [0.05, 0.1) is 22.8 Å². The molecule has 2 aliphatic rings. The van der Waals surface area contributed by atoms with Gasteiger partial charge >= 0.3 is 0 Å². The largest absolute Gasteiger partial charge is 0.508 e. The Balaban J connectivity index is 1.74. The summed E-state index contributed by atoms with van der Waals surface area (Å²) in [5, 5.41) is 27.6. The summed E-state index contributed by atoms with van der Waals surface area (Å²) in [6, 6.07) is 10.8. The second-order valence-corrected chi connectivity index (χ2v) is 7.24. The van der Waals surface area contributed by atoms with Crippen molar-refractivity contribution >= 4 is 23.2 Å². The van der Waals surface area contributed by atoms with E-state index in [1.54, 1.807) is 24.3 Å². The van der Waals surface area contributed by atoms with Crippen LogP contribution in [0.5, 0.6) is 5.75 Å². The molecule has 0 aliphatic carbocycles. The van der Waals surface area contributed by atoms with Crippen LogP contribution in [0.4, 0.5) is 17.3 Å². The van der Waals surface area contributed by atoms with E-state index in [2.05, 4.69) is 20.6 Å². The van der Waals surface area contributed by atoms with E-state index in [0.717, 1.165) is 0 Å². The Kier molecular flexibility index (Phi) is 6.22. The number of ether oxygens (including phenoxy) is 1. The summed E-state index contributed by atoms with van der Waals surface area (Å²) in [5.74, 6) is -0.0441. The normalized spacial score (nSPS) is 14.4. The molecular formula is C22H21N5O5. The summed E-state index contributed by atoms with van der Waals surface area (Å²) in [4.78, 5) is 32.2. The number of phenolic OH excluding ortho intramolecular Hbond substituents is 1. The first kappa shape index (κ1) is 21.2. The average Bonchev–Trinajstić information content (AvgIpc) is 2.79. The highest BCUT2D eigenvalue weighted by atomic mass is 16.6. The summed E-state index contributed by atoms with van der Waals surface area (Å²) in [6.07, 6.45) is 2.88. The number of rotatable bonds is 1. The van der Waals surface area contributed by atoms with Gasteiger partial charge in [-0.05, 0) is 49.2 Å². The monoisotopic (exact) mass is 435 g/mol. The predicted octanol–water partition coefficient (Wildman–Crippen LogP) is 3.54. The molecule has 1 amide bonds. The molecule has 0 unspecified atom stereocenters. The van der Waals surface area contributed by atoms with Gasteiger partial charge in [0.15, 0.2) is 0 Å². The first-order chi connectivity index (χ1) is 15.5. The third-order valence-corrected chi connectivity index (χ3v) is 4.98. The zero-order chi connectivity index (χ0) is 22.5. The summed E-state index contributed by atoms with van der Waals surface area (Å²) in [6.45, 7) is 1.10. The molecule has 10 heteroatoms. The number of hydrogen-bond donors (Lipinski definition) is 3. The molecule has 6 bridgehead atoms. The van der Waals surface area contributed by atoms with E-state index in [1.165, 1.54) is 24.4 Å². The lowest BCUT2D eigenvalue weighted by Crippen LogP contribution is -2.24. The van der Waals surface area contributed by atoms with Crippen molar-refractivity contribution in [3.8, 4) is 17.0 Å². The van der Waals surface area contributed by atoms with Gasteiger partial charge < -0.3 is 20.5 Å². The summed E-state index contributed by atoms with van der Waals surface area (Å²) in [7, 11) is 0. The number of amides is 1. The van der Waals surface area contributed by atoms with Gasteiger partial charge in [-0.25, -0.2) is 9.97 Å². The molecule has 5 rings (SSSR count). The molecule has 32 heavy (non-hydrogen) atoms. The molecule has 3 N–H and O–H groups in total. The topological polar surface area (TPSA) is 140 Å². The molecule has 1 aromatic heterocycles. The Hall–Kier alpha value is -4.05. The summed E-state index contributed by atoms with van der Waals surface area (Å²) < 4.78 is 5.64. The lowest BCUT2D eigenvalue weighted by atomic mass is 10.1. The Morgan fingerprint density at radius 2 is 2.00 bits per heavy atom. The molecule has 0 saturated carbocycles. The molecule has 0 spiro atoms. The first-order valence-electron chi connectivity index (χ1n) is 10.1. The van der Waals surface area contributed by atoms with E-state index in [-0.39, 0.29) is 41.0 Å². The van der Waals surface area contributed by atoms with Crippen LogP contribution in [0.1, 0.15) is 28.8 Å². The second-order valence-electron chi connectivity index (χ2n) is 7.24. The number of carbonyl (C=O) groups is 1. The van der Waals surface area contributed by atoms with Crippen molar-refractivity contribution in [1.29, 1.82) is 0 Å². The number of hydrogen-bond acceptors (Lipinski definition) is 8. The number of nitro groups is 1. The van der Waals surface area contributed by atoms with E-state index >= 15 is 0 Å². The number of fused-ring (bicyclic) bond motifs is 9. The van der Waals surface area contributed by atoms with Crippen LogP contribution in [0.15, 0.2) is 48.7 Å². The average molecular weight is 435 g/mol. The maximum absolute atomic E-state index is 12.4. The second kappa shape index (κ2) is 9.40. The van der Waals surface area contributed by atoms with Gasteiger partial charge in [0, 0.05) is 42.2 Å². The van der Waals surface area contributed by atoms with E-state index in [4.69, 9.17) is 4.74 Å². The van der Waals surface area contributed by atoms with Gasteiger partial charge in [-0.15, -0.1) is 0 Å². The minimum atomic E-state index is -0.534. The van der Waals surface area contributed by atoms with Gasteiger partial charge in [-0.1, -0.05) is 0 Å². The molecule has 10 nitrogen and oxygen atoms in total. The van der Waals surface area contributed by atoms with Crippen LogP contribution in [0, 0.1) is 10.1 Å². The van der Waals surface area contributed by atoms with Crippen LogP contribution in [-0.4, -0.2) is 39.1 Å². The van der Waals surface area contributed by atoms with Gasteiger partial charge in [0.1, 0.15) is 5.75 Å².